The van der Waals surface area contributed by atoms with Crippen LogP contribution in [-0.4, -0.2) is 18.5 Å². The highest BCUT2D eigenvalue weighted by atomic mass is 32.1. The summed E-state index contributed by atoms with van der Waals surface area (Å²) in [7, 11) is 0. The molecule has 22 heavy (non-hydrogen) atoms. The van der Waals surface area contributed by atoms with Crippen molar-refractivity contribution in [2.75, 3.05) is 16.8 Å². The average Bonchev–Trinajstić information content (AvgIpc) is 3.01. The minimum atomic E-state index is -0.114. The highest BCUT2D eigenvalue weighted by Crippen LogP contribution is 2.20. The molecule has 1 heterocycles. The van der Waals surface area contributed by atoms with Gasteiger partial charge in [-0.05, 0) is 62.6 Å². The Balaban J connectivity index is 1.97. The SMILES string of the molecule is CCN(c1ccc(NC(=O)/C=C/c2cccs2)cc1)C(C)C. The number of anilines is 2. The molecule has 0 radical (unpaired) electrons. The number of hydrogen-bond donors (Lipinski definition) is 1. The number of carbonyl (C=O) groups excluding carboxylic acids is 1. The number of rotatable bonds is 6. The lowest BCUT2D eigenvalue weighted by atomic mass is 10.2. The second-order valence-corrected chi connectivity index (χ2v) is 6.24. The predicted molar refractivity (Wildman–Crippen MR) is 96.6 cm³/mol. The molecule has 0 fully saturated rings. The van der Waals surface area contributed by atoms with Crippen LogP contribution in [0.1, 0.15) is 25.6 Å². The van der Waals surface area contributed by atoms with Gasteiger partial charge in [-0.25, -0.2) is 0 Å². The van der Waals surface area contributed by atoms with Crippen LogP contribution in [0.15, 0.2) is 47.9 Å². The number of carbonyl (C=O) groups is 1. The van der Waals surface area contributed by atoms with Crippen LogP contribution in [-0.2, 0) is 4.79 Å². The normalized spacial score (nSPS) is 11.1. The number of nitrogens with zero attached hydrogens (tertiary/aromatic N) is 1. The zero-order valence-corrected chi connectivity index (χ0v) is 14.1. The molecule has 0 bridgehead atoms. The van der Waals surface area contributed by atoms with Gasteiger partial charge < -0.3 is 10.2 Å². The van der Waals surface area contributed by atoms with E-state index in [1.807, 2.05) is 47.9 Å². The molecule has 4 heteroatoms. The minimum absolute atomic E-state index is 0.114. The van der Waals surface area contributed by atoms with Crippen molar-refractivity contribution in [2.45, 2.75) is 26.8 Å². The first-order chi connectivity index (χ1) is 10.6. The standard InChI is InChI=1S/C18H22N2OS/c1-4-20(14(2)3)16-9-7-15(8-10-16)19-18(21)12-11-17-6-5-13-22-17/h5-14H,4H2,1-3H3,(H,19,21)/b12-11+. The number of amides is 1. The molecule has 3 nitrogen and oxygen atoms in total. The molecule has 0 saturated heterocycles. The van der Waals surface area contributed by atoms with Crippen molar-refractivity contribution in [3.05, 3.63) is 52.7 Å². The molecule has 0 aliphatic rings. The van der Waals surface area contributed by atoms with Gasteiger partial charge in [0.1, 0.15) is 0 Å². The van der Waals surface area contributed by atoms with E-state index in [4.69, 9.17) is 0 Å². The number of nitrogens with one attached hydrogen (secondary N) is 1. The summed E-state index contributed by atoms with van der Waals surface area (Å²) in [6.45, 7) is 7.46. The first kappa shape index (κ1) is 16.3. The number of thiophene rings is 1. The van der Waals surface area contributed by atoms with Crippen molar-refractivity contribution in [2.24, 2.45) is 0 Å². The highest BCUT2D eigenvalue weighted by Gasteiger charge is 2.08. The molecule has 1 aromatic heterocycles. The molecule has 0 aliphatic heterocycles. The second kappa shape index (κ2) is 7.80. The van der Waals surface area contributed by atoms with Crippen molar-refractivity contribution in [3.63, 3.8) is 0 Å². The van der Waals surface area contributed by atoms with Crippen molar-refractivity contribution < 1.29 is 4.79 Å². The van der Waals surface area contributed by atoms with E-state index in [0.717, 1.165) is 17.1 Å². The summed E-state index contributed by atoms with van der Waals surface area (Å²) < 4.78 is 0. The lowest BCUT2D eigenvalue weighted by Gasteiger charge is -2.27. The van der Waals surface area contributed by atoms with Gasteiger partial charge in [0.05, 0.1) is 0 Å². The van der Waals surface area contributed by atoms with E-state index in [1.165, 1.54) is 5.69 Å². The van der Waals surface area contributed by atoms with Crippen LogP contribution in [0.5, 0.6) is 0 Å². The van der Waals surface area contributed by atoms with Crippen LogP contribution in [0.2, 0.25) is 0 Å². The fourth-order valence-electron chi connectivity index (χ4n) is 2.31. The molecule has 0 aliphatic carbocycles. The first-order valence-electron chi connectivity index (χ1n) is 7.49. The summed E-state index contributed by atoms with van der Waals surface area (Å²) in [4.78, 5) is 15.3. The van der Waals surface area contributed by atoms with Gasteiger partial charge in [-0.1, -0.05) is 6.07 Å². The fraction of sp³-hybridized carbons (Fsp3) is 0.278. The van der Waals surface area contributed by atoms with Crippen molar-refractivity contribution in [1.29, 1.82) is 0 Å². The minimum Gasteiger partial charge on any atom is -0.369 e. The Labute approximate surface area is 136 Å². The zero-order valence-electron chi connectivity index (χ0n) is 13.2. The molecular weight excluding hydrogens is 292 g/mol. The van der Waals surface area contributed by atoms with Gasteiger partial charge in [-0.15, -0.1) is 11.3 Å². The molecule has 1 amide bonds. The van der Waals surface area contributed by atoms with Crippen LogP contribution < -0.4 is 10.2 Å². The third-order valence-electron chi connectivity index (χ3n) is 3.37. The number of hydrogen-bond acceptors (Lipinski definition) is 3. The zero-order chi connectivity index (χ0) is 15.9. The van der Waals surface area contributed by atoms with E-state index in [0.29, 0.717) is 6.04 Å². The van der Waals surface area contributed by atoms with Crippen LogP contribution in [0.25, 0.3) is 6.08 Å². The summed E-state index contributed by atoms with van der Waals surface area (Å²) >= 11 is 1.61. The maximum absolute atomic E-state index is 11.9. The third kappa shape index (κ3) is 4.46. The van der Waals surface area contributed by atoms with Crippen LogP contribution >= 0.6 is 11.3 Å². The molecule has 0 unspecified atom stereocenters. The quantitative estimate of drug-likeness (QED) is 0.788. The molecule has 0 atom stereocenters. The Morgan fingerprint density at radius 2 is 2.00 bits per heavy atom. The molecule has 2 aromatic rings. The van der Waals surface area contributed by atoms with Gasteiger partial charge in [0.15, 0.2) is 0 Å². The molecule has 1 N–H and O–H groups in total. The Morgan fingerprint density at radius 3 is 2.55 bits per heavy atom. The molecular formula is C18H22N2OS. The maximum atomic E-state index is 11.9. The summed E-state index contributed by atoms with van der Waals surface area (Å²) in [5, 5.41) is 4.87. The summed E-state index contributed by atoms with van der Waals surface area (Å²) in [6.07, 6.45) is 3.39. The Bertz CT molecular complexity index is 615. The van der Waals surface area contributed by atoms with E-state index < -0.39 is 0 Å². The van der Waals surface area contributed by atoms with E-state index >= 15 is 0 Å². The predicted octanol–water partition coefficient (Wildman–Crippen LogP) is 4.63. The van der Waals surface area contributed by atoms with Crippen molar-refractivity contribution >= 4 is 34.7 Å². The van der Waals surface area contributed by atoms with Crippen molar-refractivity contribution in [1.82, 2.24) is 0 Å². The molecule has 116 valence electrons. The number of benzene rings is 1. The summed E-state index contributed by atoms with van der Waals surface area (Å²) in [6, 6.07) is 12.4. The van der Waals surface area contributed by atoms with E-state index in [9.17, 15) is 4.79 Å². The monoisotopic (exact) mass is 314 g/mol. The first-order valence-corrected chi connectivity index (χ1v) is 8.37. The van der Waals surface area contributed by atoms with Gasteiger partial charge in [-0.3, -0.25) is 4.79 Å². The van der Waals surface area contributed by atoms with Gasteiger partial charge in [0.25, 0.3) is 0 Å². The molecule has 2 rings (SSSR count). The molecule has 0 spiro atoms. The summed E-state index contributed by atoms with van der Waals surface area (Å²) in [5.74, 6) is -0.114. The van der Waals surface area contributed by atoms with E-state index in [-0.39, 0.29) is 5.91 Å². The van der Waals surface area contributed by atoms with Crippen LogP contribution in [0.4, 0.5) is 11.4 Å². The van der Waals surface area contributed by atoms with E-state index in [1.54, 1.807) is 17.4 Å². The highest BCUT2D eigenvalue weighted by molar-refractivity contribution is 7.10. The molecule has 1 aromatic carbocycles. The van der Waals surface area contributed by atoms with Crippen molar-refractivity contribution in [3.8, 4) is 0 Å². The van der Waals surface area contributed by atoms with Crippen LogP contribution in [0, 0.1) is 0 Å². The Kier molecular flexibility index (Phi) is 5.78. The lowest BCUT2D eigenvalue weighted by Crippen LogP contribution is -2.30. The molecule has 0 saturated carbocycles. The Morgan fingerprint density at radius 1 is 1.27 bits per heavy atom. The smallest absolute Gasteiger partial charge is 0.248 e. The van der Waals surface area contributed by atoms with Gasteiger partial charge in [0.2, 0.25) is 5.91 Å². The Hall–Kier alpha value is -2.07. The summed E-state index contributed by atoms with van der Waals surface area (Å²) in [5.41, 5.74) is 1.98. The maximum Gasteiger partial charge on any atom is 0.248 e. The topological polar surface area (TPSA) is 32.3 Å². The largest absolute Gasteiger partial charge is 0.369 e. The van der Waals surface area contributed by atoms with Crippen LogP contribution in [0.3, 0.4) is 0 Å². The average molecular weight is 314 g/mol. The fourth-order valence-corrected chi connectivity index (χ4v) is 2.93. The second-order valence-electron chi connectivity index (χ2n) is 5.26. The third-order valence-corrected chi connectivity index (χ3v) is 4.21. The van der Waals surface area contributed by atoms with Gasteiger partial charge >= 0.3 is 0 Å². The lowest BCUT2D eigenvalue weighted by molar-refractivity contribution is -0.111. The van der Waals surface area contributed by atoms with E-state index in [2.05, 4.69) is 31.0 Å². The van der Waals surface area contributed by atoms with Gasteiger partial charge in [0, 0.05) is 34.9 Å². The van der Waals surface area contributed by atoms with Gasteiger partial charge in [-0.2, -0.15) is 0 Å².